The van der Waals surface area contributed by atoms with Crippen molar-refractivity contribution in [2.24, 2.45) is 0 Å². The molecule has 1 N–H and O–H groups in total. The zero-order chi connectivity index (χ0) is 24.1. The molecule has 0 spiro atoms. The highest BCUT2D eigenvalue weighted by Crippen LogP contribution is 2.20. The van der Waals surface area contributed by atoms with Crippen molar-refractivity contribution in [2.75, 3.05) is 19.6 Å². The lowest BCUT2D eigenvalue weighted by Crippen LogP contribution is -2.49. The molecule has 2 aromatic carbocycles. The van der Waals surface area contributed by atoms with Gasteiger partial charge in [0, 0.05) is 44.1 Å². The average Bonchev–Trinajstić information content (AvgIpc) is 2.85. The highest BCUT2D eigenvalue weighted by atomic mass is 32.2. The number of nitrogens with zero attached hydrogens (tertiary/aromatic N) is 3. The monoisotopic (exact) mass is 478 g/mol. The number of carbonyl (C=O) groups excluding carboxylic acids is 2. The zero-order valence-corrected chi connectivity index (χ0v) is 19.7. The van der Waals surface area contributed by atoms with E-state index >= 15 is 0 Å². The second kappa shape index (κ2) is 10.1. The highest BCUT2D eigenvalue weighted by molar-refractivity contribution is 7.89. The van der Waals surface area contributed by atoms with E-state index in [1.165, 1.54) is 24.3 Å². The molecule has 0 atom stereocenters. The lowest BCUT2D eigenvalue weighted by molar-refractivity contribution is -0.122. The maximum atomic E-state index is 13.5. The van der Waals surface area contributed by atoms with Crippen LogP contribution in [0, 0.1) is 6.92 Å². The summed E-state index contributed by atoms with van der Waals surface area (Å²) < 4.78 is 27.0. The molecular formula is C25H26N4O4S. The first-order valence-electron chi connectivity index (χ1n) is 10.9. The standard InChI is InChI=1S/C25H26N4O4S/c1-19-5-2-3-7-22(19)17-28(16-20-6-4-12-26-15-20)25(31)21-8-10-23(11-9-21)34(32,33)29-14-13-27-24(30)18-29/h2-12,15H,13-14,16-18H2,1H3,(H,27,30). The van der Waals surface area contributed by atoms with Gasteiger partial charge in [0.1, 0.15) is 0 Å². The Balaban J connectivity index is 1.58. The van der Waals surface area contributed by atoms with E-state index in [4.69, 9.17) is 0 Å². The van der Waals surface area contributed by atoms with Gasteiger partial charge in [-0.2, -0.15) is 4.31 Å². The Hall–Kier alpha value is -3.56. The van der Waals surface area contributed by atoms with Crippen molar-refractivity contribution in [3.05, 3.63) is 95.3 Å². The first-order valence-corrected chi connectivity index (χ1v) is 12.4. The Labute approximate surface area is 199 Å². The average molecular weight is 479 g/mol. The Morgan fingerprint density at radius 2 is 1.82 bits per heavy atom. The van der Waals surface area contributed by atoms with Crippen molar-refractivity contribution in [1.29, 1.82) is 0 Å². The molecule has 8 nitrogen and oxygen atoms in total. The normalized spacial score (nSPS) is 14.4. The van der Waals surface area contributed by atoms with Crippen LogP contribution in [0.3, 0.4) is 0 Å². The Bertz CT molecular complexity index is 1280. The van der Waals surface area contributed by atoms with Crippen LogP contribution in [-0.4, -0.2) is 54.1 Å². The minimum absolute atomic E-state index is 0.0523. The summed E-state index contributed by atoms with van der Waals surface area (Å²) in [6, 6.07) is 17.5. The fourth-order valence-electron chi connectivity index (χ4n) is 3.83. The van der Waals surface area contributed by atoms with E-state index < -0.39 is 10.0 Å². The molecule has 9 heteroatoms. The summed E-state index contributed by atoms with van der Waals surface area (Å²) in [5, 5.41) is 2.62. The van der Waals surface area contributed by atoms with Gasteiger partial charge in [0.15, 0.2) is 0 Å². The number of carbonyl (C=O) groups is 2. The number of nitrogens with one attached hydrogen (secondary N) is 1. The van der Waals surface area contributed by atoms with E-state index in [2.05, 4.69) is 10.3 Å². The molecule has 1 fully saturated rings. The molecule has 1 aromatic heterocycles. The Morgan fingerprint density at radius 3 is 2.50 bits per heavy atom. The van der Waals surface area contributed by atoms with E-state index in [0.29, 0.717) is 18.7 Å². The summed E-state index contributed by atoms with van der Waals surface area (Å²) >= 11 is 0. The van der Waals surface area contributed by atoms with Gasteiger partial charge < -0.3 is 10.2 Å². The molecule has 0 aliphatic carbocycles. The summed E-state index contributed by atoms with van der Waals surface area (Å²) in [5.74, 6) is -0.544. The number of sulfonamides is 1. The van der Waals surface area contributed by atoms with Crippen molar-refractivity contribution in [2.45, 2.75) is 24.9 Å². The highest BCUT2D eigenvalue weighted by Gasteiger charge is 2.29. The van der Waals surface area contributed by atoms with Crippen LogP contribution in [0.15, 0.2) is 78.0 Å². The summed E-state index contributed by atoms with van der Waals surface area (Å²) in [5.41, 5.74) is 3.39. The van der Waals surface area contributed by atoms with Crippen LogP contribution >= 0.6 is 0 Å². The van der Waals surface area contributed by atoms with Gasteiger partial charge in [-0.05, 0) is 53.9 Å². The predicted molar refractivity (Wildman–Crippen MR) is 127 cm³/mol. The number of benzene rings is 2. The Kier molecular flexibility index (Phi) is 7.04. The molecule has 0 saturated carbocycles. The van der Waals surface area contributed by atoms with Crippen LogP contribution in [0.4, 0.5) is 0 Å². The van der Waals surface area contributed by atoms with Gasteiger partial charge >= 0.3 is 0 Å². The van der Waals surface area contributed by atoms with Crippen molar-refractivity contribution >= 4 is 21.8 Å². The zero-order valence-electron chi connectivity index (χ0n) is 18.8. The third kappa shape index (κ3) is 5.32. The van der Waals surface area contributed by atoms with E-state index in [-0.39, 0.29) is 36.3 Å². The second-order valence-electron chi connectivity index (χ2n) is 8.16. The van der Waals surface area contributed by atoms with Gasteiger partial charge in [0.2, 0.25) is 15.9 Å². The van der Waals surface area contributed by atoms with Crippen molar-refractivity contribution in [1.82, 2.24) is 19.5 Å². The minimum Gasteiger partial charge on any atom is -0.354 e. The topological polar surface area (TPSA) is 99.7 Å². The molecule has 2 heterocycles. The molecule has 0 bridgehead atoms. The maximum Gasteiger partial charge on any atom is 0.254 e. The molecule has 4 rings (SSSR count). The summed E-state index contributed by atoms with van der Waals surface area (Å²) in [4.78, 5) is 31.0. The molecule has 1 aliphatic heterocycles. The lowest BCUT2D eigenvalue weighted by Gasteiger charge is -2.26. The number of aromatic nitrogens is 1. The van der Waals surface area contributed by atoms with E-state index in [1.54, 1.807) is 17.3 Å². The van der Waals surface area contributed by atoms with Crippen LogP contribution < -0.4 is 5.32 Å². The van der Waals surface area contributed by atoms with E-state index in [1.807, 2.05) is 43.3 Å². The van der Waals surface area contributed by atoms with Gasteiger partial charge in [-0.25, -0.2) is 8.42 Å². The maximum absolute atomic E-state index is 13.5. The van der Waals surface area contributed by atoms with Gasteiger partial charge in [-0.3, -0.25) is 14.6 Å². The quantitative estimate of drug-likeness (QED) is 0.562. The molecule has 2 amide bonds. The second-order valence-corrected chi connectivity index (χ2v) is 10.1. The van der Waals surface area contributed by atoms with Gasteiger partial charge in [-0.1, -0.05) is 30.3 Å². The molecular weight excluding hydrogens is 452 g/mol. The number of amides is 2. The predicted octanol–water partition coefficient (Wildman–Crippen LogP) is 2.35. The molecule has 1 aliphatic rings. The fourth-order valence-corrected chi connectivity index (χ4v) is 5.22. The largest absolute Gasteiger partial charge is 0.354 e. The lowest BCUT2D eigenvalue weighted by atomic mass is 10.1. The van der Waals surface area contributed by atoms with Gasteiger partial charge in [-0.15, -0.1) is 0 Å². The molecule has 3 aromatic rings. The van der Waals surface area contributed by atoms with E-state index in [9.17, 15) is 18.0 Å². The molecule has 176 valence electrons. The summed E-state index contributed by atoms with van der Waals surface area (Å²) in [6.45, 7) is 3.05. The van der Waals surface area contributed by atoms with Crippen molar-refractivity contribution < 1.29 is 18.0 Å². The first kappa shape index (κ1) is 23.6. The van der Waals surface area contributed by atoms with Crippen molar-refractivity contribution in [3.8, 4) is 0 Å². The molecule has 0 unspecified atom stereocenters. The van der Waals surface area contributed by atoms with Crippen molar-refractivity contribution in [3.63, 3.8) is 0 Å². The number of piperazine rings is 1. The Morgan fingerprint density at radius 1 is 1.06 bits per heavy atom. The van der Waals surface area contributed by atoms with Crippen LogP contribution in [0.25, 0.3) is 0 Å². The van der Waals surface area contributed by atoms with Gasteiger partial charge in [0.05, 0.1) is 11.4 Å². The van der Waals surface area contributed by atoms with Crippen LogP contribution in [0.5, 0.6) is 0 Å². The number of hydrogen-bond donors (Lipinski definition) is 1. The van der Waals surface area contributed by atoms with E-state index in [0.717, 1.165) is 21.0 Å². The summed E-state index contributed by atoms with van der Waals surface area (Å²) in [7, 11) is -3.82. The number of hydrogen-bond acceptors (Lipinski definition) is 5. The number of pyridine rings is 1. The number of aryl methyl sites for hydroxylation is 1. The smallest absolute Gasteiger partial charge is 0.254 e. The summed E-state index contributed by atoms with van der Waals surface area (Å²) in [6.07, 6.45) is 3.41. The first-order chi connectivity index (χ1) is 16.3. The van der Waals surface area contributed by atoms with Crippen LogP contribution in [0.2, 0.25) is 0 Å². The fraction of sp³-hybridized carbons (Fsp3) is 0.240. The molecule has 0 radical (unpaired) electrons. The molecule has 34 heavy (non-hydrogen) atoms. The third-order valence-corrected chi connectivity index (χ3v) is 7.61. The minimum atomic E-state index is -3.82. The SMILES string of the molecule is Cc1ccccc1CN(Cc1cccnc1)C(=O)c1ccc(S(=O)(=O)N2CCNC(=O)C2)cc1. The van der Waals surface area contributed by atoms with Crippen LogP contribution in [-0.2, 0) is 27.9 Å². The molecule has 1 saturated heterocycles. The van der Waals surface area contributed by atoms with Gasteiger partial charge in [0.25, 0.3) is 5.91 Å². The third-order valence-electron chi connectivity index (χ3n) is 5.75. The van der Waals surface area contributed by atoms with Crippen LogP contribution in [0.1, 0.15) is 27.0 Å². The number of rotatable bonds is 7.